The van der Waals surface area contributed by atoms with Gasteiger partial charge in [-0.2, -0.15) is 0 Å². The first-order valence-corrected chi connectivity index (χ1v) is 11.4. The molecule has 1 aromatic carbocycles. The second-order valence-corrected chi connectivity index (χ2v) is 8.89. The van der Waals surface area contributed by atoms with Gasteiger partial charge in [-0.1, -0.05) is 12.1 Å². The number of aromatic nitrogens is 2. The van der Waals surface area contributed by atoms with Gasteiger partial charge in [0.1, 0.15) is 0 Å². The van der Waals surface area contributed by atoms with E-state index < -0.39 is 0 Å². The largest absolute Gasteiger partial charge is 0.338 e. The number of thioether (sulfide) groups is 1. The third kappa shape index (κ3) is 4.00. The summed E-state index contributed by atoms with van der Waals surface area (Å²) in [6.45, 7) is 1.59. The summed E-state index contributed by atoms with van der Waals surface area (Å²) in [6.07, 6.45) is 3.99. The number of rotatable bonds is 5. The second-order valence-electron chi connectivity index (χ2n) is 6.23. The molecule has 134 valence electrons. The van der Waals surface area contributed by atoms with Crippen molar-refractivity contribution >= 4 is 40.3 Å². The van der Waals surface area contributed by atoms with E-state index in [0.29, 0.717) is 5.92 Å². The van der Waals surface area contributed by atoms with Gasteiger partial charge in [-0.05, 0) is 25.0 Å². The average molecular weight is 402 g/mol. The third-order valence-corrected chi connectivity index (χ3v) is 7.17. The number of hydrogen-bond donors (Lipinski definition) is 0. The van der Waals surface area contributed by atoms with Crippen molar-refractivity contribution in [1.82, 2.24) is 14.9 Å². The number of carbonyl (C=O) groups excluding carboxylic acids is 1. The minimum atomic E-state index is 0.132. The Labute approximate surface area is 165 Å². The third-order valence-electron chi connectivity index (χ3n) is 4.49. The summed E-state index contributed by atoms with van der Waals surface area (Å²) in [7, 11) is 0. The fourth-order valence-corrected chi connectivity index (χ4v) is 5.58. The van der Waals surface area contributed by atoms with E-state index in [2.05, 4.69) is 15.3 Å². The molecule has 1 atom stereocenters. The van der Waals surface area contributed by atoms with Crippen LogP contribution in [0.4, 0.5) is 0 Å². The fraction of sp³-hybridized carbons (Fsp3) is 0.316. The Morgan fingerprint density at radius 1 is 1.31 bits per heavy atom. The maximum Gasteiger partial charge on any atom is 0.255 e. The monoisotopic (exact) mass is 401 g/mol. The normalized spacial score (nSPS) is 17.4. The van der Waals surface area contributed by atoms with Crippen LogP contribution in [-0.2, 0) is 5.75 Å². The molecule has 0 saturated carbocycles. The van der Waals surface area contributed by atoms with Crippen LogP contribution in [0.5, 0.6) is 0 Å². The molecule has 2 aromatic heterocycles. The Morgan fingerprint density at radius 2 is 2.23 bits per heavy atom. The van der Waals surface area contributed by atoms with Gasteiger partial charge in [-0.3, -0.25) is 4.79 Å². The molecule has 4 rings (SSSR count). The van der Waals surface area contributed by atoms with E-state index in [4.69, 9.17) is 0 Å². The first kappa shape index (κ1) is 17.7. The lowest BCUT2D eigenvalue weighted by atomic mass is 9.98. The summed E-state index contributed by atoms with van der Waals surface area (Å²) < 4.78 is 0. The van der Waals surface area contributed by atoms with Crippen molar-refractivity contribution in [2.45, 2.75) is 29.4 Å². The lowest BCUT2D eigenvalue weighted by molar-refractivity contribution is 0.0703. The molecule has 1 aliphatic rings. The van der Waals surface area contributed by atoms with Crippen molar-refractivity contribution in [3.8, 4) is 0 Å². The zero-order valence-electron chi connectivity index (χ0n) is 14.2. The molecule has 4 nitrogen and oxygen atoms in total. The molecule has 0 spiro atoms. The summed E-state index contributed by atoms with van der Waals surface area (Å²) >= 11 is 4.97. The Balaban J connectivity index is 1.48. The van der Waals surface area contributed by atoms with E-state index in [1.165, 1.54) is 0 Å². The number of nitrogens with zero attached hydrogens (tertiary/aromatic N) is 3. The number of amides is 1. The number of carbonyl (C=O) groups is 1. The highest BCUT2D eigenvalue weighted by molar-refractivity contribution is 7.98. The molecule has 0 aliphatic carbocycles. The van der Waals surface area contributed by atoms with E-state index in [-0.39, 0.29) is 5.91 Å². The predicted octanol–water partition coefficient (Wildman–Crippen LogP) is 4.91. The Bertz CT molecular complexity index is 849. The smallest absolute Gasteiger partial charge is 0.255 e. The minimum absolute atomic E-state index is 0.132. The van der Waals surface area contributed by atoms with Gasteiger partial charge in [-0.15, -0.1) is 34.4 Å². The topological polar surface area (TPSA) is 46.1 Å². The van der Waals surface area contributed by atoms with Crippen molar-refractivity contribution in [2.24, 2.45) is 0 Å². The van der Waals surface area contributed by atoms with Crippen LogP contribution < -0.4 is 0 Å². The van der Waals surface area contributed by atoms with E-state index in [9.17, 15) is 4.79 Å². The van der Waals surface area contributed by atoms with Crippen LogP contribution in [0.1, 0.15) is 39.8 Å². The molecule has 1 unspecified atom stereocenters. The van der Waals surface area contributed by atoms with Crippen molar-refractivity contribution in [2.75, 3.05) is 13.1 Å². The van der Waals surface area contributed by atoms with Gasteiger partial charge in [0.05, 0.1) is 21.8 Å². The number of likely N-dealkylation sites (tertiary alicyclic amines) is 1. The molecule has 1 amide bonds. The minimum Gasteiger partial charge on any atom is -0.338 e. The van der Waals surface area contributed by atoms with E-state index in [1.807, 2.05) is 46.3 Å². The average Bonchev–Trinajstić information content (AvgIpc) is 3.40. The van der Waals surface area contributed by atoms with Crippen LogP contribution in [0.15, 0.2) is 51.6 Å². The van der Waals surface area contributed by atoms with Gasteiger partial charge in [0.2, 0.25) is 0 Å². The molecule has 0 N–H and O–H groups in total. The summed E-state index contributed by atoms with van der Waals surface area (Å²) in [5, 5.41) is 5.22. The van der Waals surface area contributed by atoms with Crippen molar-refractivity contribution < 1.29 is 4.79 Å². The zero-order valence-corrected chi connectivity index (χ0v) is 16.7. The number of thiazole rings is 2. The molecule has 3 heterocycles. The fourth-order valence-electron chi connectivity index (χ4n) is 3.20. The highest BCUT2D eigenvalue weighted by Crippen LogP contribution is 2.31. The summed E-state index contributed by atoms with van der Waals surface area (Å²) in [6, 6.07) is 7.92. The van der Waals surface area contributed by atoms with Crippen LogP contribution in [0, 0.1) is 0 Å². The predicted molar refractivity (Wildman–Crippen MR) is 108 cm³/mol. The molecule has 3 aromatic rings. The van der Waals surface area contributed by atoms with Crippen LogP contribution >= 0.6 is 34.4 Å². The van der Waals surface area contributed by atoms with Crippen LogP contribution in [-0.4, -0.2) is 33.9 Å². The highest BCUT2D eigenvalue weighted by atomic mass is 32.2. The maximum atomic E-state index is 13.2. The quantitative estimate of drug-likeness (QED) is 0.570. The lowest BCUT2D eigenvalue weighted by Gasteiger charge is -2.32. The Hall–Kier alpha value is -1.70. The van der Waals surface area contributed by atoms with Crippen molar-refractivity contribution in [3.63, 3.8) is 0 Å². The SMILES string of the molecule is O=C(c1ccccc1SCc1cscn1)N1CCCC(c2nccs2)C1. The Morgan fingerprint density at radius 3 is 3.04 bits per heavy atom. The molecule has 0 bridgehead atoms. The zero-order chi connectivity index (χ0) is 17.8. The molecule has 0 radical (unpaired) electrons. The van der Waals surface area contributed by atoms with Gasteiger partial charge in [-0.25, -0.2) is 9.97 Å². The van der Waals surface area contributed by atoms with Crippen LogP contribution in [0.3, 0.4) is 0 Å². The van der Waals surface area contributed by atoms with E-state index in [0.717, 1.165) is 52.8 Å². The van der Waals surface area contributed by atoms with Gasteiger partial charge in [0.25, 0.3) is 5.91 Å². The van der Waals surface area contributed by atoms with Gasteiger partial charge in [0, 0.05) is 46.6 Å². The van der Waals surface area contributed by atoms with Crippen LogP contribution in [0.2, 0.25) is 0 Å². The molecule has 26 heavy (non-hydrogen) atoms. The number of piperidine rings is 1. The Kier molecular flexibility index (Phi) is 5.67. The van der Waals surface area contributed by atoms with Crippen molar-refractivity contribution in [1.29, 1.82) is 0 Å². The van der Waals surface area contributed by atoms with Crippen LogP contribution in [0.25, 0.3) is 0 Å². The first-order chi connectivity index (χ1) is 12.8. The van der Waals surface area contributed by atoms with Gasteiger partial charge < -0.3 is 4.90 Å². The number of benzene rings is 1. The molecule has 7 heteroatoms. The highest BCUT2D eigenvalue weighted by Gasteiger charge is 2.27. The molecular weight excluding hydrogens is 382 g/mol. The summed E-state index contributed by atoms with van der Waals surface area (Å²) in [4.78, 5) is 25.0. The standard InChI is InChI=1S/C19H19N3OS3/c23-19(22-8-3-4-14(10-22)18-20-7-9-25-18)16-5-1-2-6-17(16)26-12-15-11-24-13-21-15/h1-2,5-7,9,11,13-14H,3-4,8,10,12H2. The summed E-state index contributed by atoms with van der Waals surface area (Å²) in [5.74, 6) is 1.28. The second kappa shape index (κ2) is 8.33. The molecule has 1 saturated heterocycles. The van der Waals surface area contributed by atoms with E-state index >= 15 is 0 Å². The molecule has 1 aliphatic heterocycles. The lowest BCUT2D eigenvalue weighted by Crippen LogP contribution is -2.39. The summed E-state index contributed by atoms with van der Waals surface area (Å²) in [5.41, 5.74) is 3.70. The van der Waals surface area contributed by atoms with E-state index in [1.54, 1.807) is 34.4 Å². The maximum absolute atomic E-state index is 13.2. The van der Waals surface area contributed by atoms with Crippen molar-refractivity contribution in [3.05, 3.63) is 63.0 Å². The van der Waals surface area contributed by atoms with Gasteiger partial charge >= 0.3 is 0 Å². The molecule has 1 fully saturated rings. The first-order valence-electron chi connectivity index (χ1n) is 8.59. The van der Waals surface area contributed by atoms with Gasteiger partial charge in [0.15, 0.2) is 0 Å². The molecular formula is C19H19N3OS3. The number of hydrogen-bond acceptors (Lipinski definition) is 6.